The van der Waals surface area contributed by atoms with Gasteiger partial charge in [-0.15, -0.1) is 0 Å². The fourth-order valence-corrected chi connectivity index (χ4v) is 3.78. The van der Waals surface area contributed by atoms with Crippen LogP contribution in [0.2, 0.25) is 0 Å². The van der Waals surface area contributed by atoms with Crippen LogP contribution >= 0.6 is 15.9 Å². The largest absolute Gasteiger partial charge is 0.344 e. The van der Waals surface area contributed by atoms with E-state index in [9.17, 15) is 4.79 Å². The SMILES string of the molecule is Cc1cc(Br)cc([C@H]2CC[C@]3(CCN(C)C3=O)N2)n1. The third-order valence-corrected chi connectivity index (χ3v) is 4.69. The normalized spacial score (nSPS) is 30.6. The number of aryl methyl sites for hydroxylation is 1. The van der Waals surface area contributed by atoms with Gasteiger partial charge >= 0.3 is 0 Å². The molecule has 0 aliphatic carbocycles. The van der Waals surface area contributed by atoms with Crippen LogP contribution in [-0.4, -0.2) is 34.9 Å². The average molecular weight is 324 g/mol. The van der Waals surface area contributed by atoms with E-state index in [0.717, 1.165) is 41.7 Å². The average Bonchev–Trinajstić information content (AvgIpc) is 2.89. The summed E-state index contributed by atoms with van der Waals surface area (Å²) in [5.74, 6) is 0.238. The molecule has 102 valence electrons. The Morgan fingerprint density at radius 2 is 2.26 bits per heavy atom. The molecule has 3 rings (SSSR count). The summed E-state index contributed by atoms with van der Waals surface area (Å²) in [4.78, 5) is 18.7. The van der Waals surface area contributed by atoms with Crippen LogP contribution in [0, 0.1) is 6.92 Å². The molecule has 0 radical (unpaired) electrons. The lowest BCUT2D eigenvalue weighted by molar-refractivity contribution is -0.131. The molecule has 1 aromatic rings. The van der Waals surface area contributed by atoms with Gasteiger partial charge in [-0.1, -0.05) is 15.9 Å². The van der Waals surface area contributed by atoms with Crippen LogP contribution in [0.4, 0.5) is 0 Å². The van der Waals surface area contributed by atoms with E-state index in [1.165, 1.54) is 0 Å². The van der Waals surface area contributed by atoms with Gasteiger partial charge in [0.15, 0.2) is 0 Å². The number of carbonyl (C=O) groups is 1. The van der Waals surface area contributed by atoms with E-state index in [0.29, 0.717) is 0 Å². The number of amides is 1. The predicted molar refractivity (Wildman–Crippen MR) is 76.8 cm³/mol. The first kappa shape index (κ1) is 13.1. The number of pyridine rings is 1. The summed E-state index contributed by atoms with van der Waals surface area (Å²) in [6, 6.07) is 4.24. The van der Waals surface area contributed by atoms with E-state index in [-0.39, 0.29) is 17.5 Å². The summed E-state index contributed by atoms with van der Waals surface area (Å²) in [5.41, 5.74) is 1.70. The maximum Gasteiger partial charge on any atom is 0.242 e. The highest BCUT2D eigenvalue weighted by Gasteiger charge is 2.50. The molecule has 1 amide bonds. The zero-order chi connectivity index (χ0) is 13.6. The number of rotatable bonds is 1. The van der Waals surface area contributed by atoms with Crippen molar-refractivity contribution >= 4 is 21.8 Å². The molecule has 1 aromatic heterocycles. The molecule has 2 saturated heterocycles. The Morgan fingerprint density at radius 1 is 1.47 bits per heavy atom. The van der Waals surface area contributed by atoms with Crippen LogP contribution in [-0.2, 0) is 4.79 Å². The van der Waals surface area contributed by atoms with Crippen molar-refractivity contribution < 1.29 is 4.79 Å². The first-order chi connectivity index (χ1) is 9.00. The summed E-state index contributed by atoms with van der Waals surface area (Å²) in [5, 5.41) is 3.54. The first-order valence-corrected chi connectivity index (χ1v) is 7.47. The van der Waals surface area contributed by atoms with Crippen molar-refractivity contribution in [3.8, 4) is 0 Å². The van der Waals surface area contributed by atoms with E-state index in [2.05, 4.69) is 26.2 Å². The standard InChI is InChI=1S/C14H18BrN3O/c1-9-7-10(15)8-12(16-9)11-3-4-14(17-11)5-6-18(2)13(14)19/h7-8,11,17H,3-6H2,1-2H3/t11-,14-/m1/s1. The highest BCUT2D eigenvalue weighted by Crippen LogP contribution is 2.38. The van der Waals surface area contributed by atoms with Crippen molar-refractivity contribution in [1.29, 1.82) is 0 Å². The van der Waals surface area contributed by atoms with E-state index >= 15 is 0 Å². The van der Waals surface area contributed by atoms with Crippen LogP contribution in [0.15, 0.2) is 16.6 Å². The van der Waals surface area contributed by atoms with E-state index in [1.54, 1.807) is 0 Å². The number of nitrogens with zero attached hydrogens (tertiary/aromatic N) is 2. The number of carbonyl (C=O) groups excluding carboxylic acids is 1. The molecule has 1 spiro atoms. The van der Waals surface area contributed by atoms with Gasteiger partial charge in [0.25, 0.3) is 0 Å². The molecule has 5 heteroatoms. The summed E-state index contributed by atoms with van der Waals surface area (Å²) >= 11 is 3.51. The molecular weight excluding hydrogens is 306 g/mol. The molecule has 19 heavy (non-hydrogen) atoms. The number of hydrogen-bond acceptors (Lipinski definition) is 3. The number of aromatic nitrogens is 1. The topological polar surface area (TPSA) is 45.2 Å². The summed E-state index contributed by atoms with van der Waals surface area (Å²) in [7, 11) is 1.88. The minimum atomic E-state index is -0.336. The Hall–Kier alpha value is -0.940. The van der Waals surface area contributed by atoms with Crippen LogP contribution in [0.5, 0.6) is 0 Å². The van der Waals surface area contributed by atoms with Gasteiger partial charge in [0.1, 0.15) is 5.54 Å². The number of likely N-dealkylation sites (N-methyl/N-ethyl adjacent to an activating group) is 1. The molecule has 0 unspecified atom stereocenters. The van der Waals surface area contributed by atoms with Crippen molar-refractivity contribution in [2.24, 2.45) is 0 Å². The molecule has 2 fully saturated rings. The molecule has 3 heterocycles. The van der Waals surface area contributed by atoms with Crippen LogP contribution in [0.3, 0.4) is 0 Å². The minimum Gasteiger partial charge on any atom is -0.344 e. The maximum atomic E-state index is 12.3. The van der Waals surface area contributed by atoms with Gasteiger partial charge in [-0.2, -0.15) is 0 Å². The highest BCUT2D eigenvalue weighted by atomic mass is 79.9. The van der Waals surface area contributed by atoms with Crippen molar-refractivity contribution in [3.63, 3.8) is 0 Å². The highest BCUT2D eigenvalue weighted by molar-refractivity contribution is 9.10. The van der Waals surface area contributed by atoms with Crippen molar-refractivity contribution in [2.75, 3.05) is 13.6 Å². The second-order valence-corrected chi connectivity index (χ2v) is 6.56. The Balaban J connectivity index is 1.84. The van der Waals surface area contributed by atoms with E-state index in [1.807, 2.05) is 31.0 Å². The second-order valence-electron chi connectivity index (χ2n) is 5.65. The van der Waals surface area contributed by atoms with Gasteiger partial charge in [-0.3, -0.25) is 15.1 Å². The van der Waals surface area contributed by atoms with Gasteiger partial charge in [-0.25, -0.2) is 0 Å². The summed E-state index contributed by atoms with van der Waals surface area (Å²) in [6.45, 7) is 2.84. The van der Waals surface area contributed by atoms with Crippen molar-refractivity contribution in [2.45, 2.75) is 37.8 Å². The third kappa shape index (κ3) is 2.19. The lowest BCUT2D eigenvalue weighted by Gasteiger charge is -2.23. The van der Waals surface area contributed by atoms with Crippen molar-refractivity contribution in [3.05, 3.63) is 28.0 Å². The Morgan fingerprint density at radius 3 is 2.89 bits per heavy atom. The molecule has 2 aliphatic heterocycles. The fraction of sp³-hybridized carbons (Fsp3) is 0.571. The van der Waals surface area contributed by atoms with Gasteiger partial charge < -0.3 is 4.90 Å². The maximum absolute atomic E-state index is 12.3. The lowest BCUT2D eigenvalue weighted by atomic mass is 9.96. The van der Waals surface area contributed by atoms with Gasteiger partial charge in [0, 0.05) is 23.8 Å². The van der Waals surface area contributed by atoms with Gasteiger partial charge in [0.2, 0.25) is 5.91 Å². The molecular formula is C14H18BrN3O. The molecule has 2 atom stereocenters. The van der Waals surface area contributed by atoms with Crippen molar-refractivity contribution in [1.82, 2.24) is 15.2 Å². The Kier molecular flexibility index (Phi) is 3.14. The predicted octanol–water partition coefficient (Wildman–Crippen LogP) is 2.18. The Labute approximate surface area is 121 Å². The smallest absolute Gasteiger partial charge is 0.242 e. The zero-order valence-electron chi connectivity index (χ0n) is 11.2. The quantitative estimate of drug-likeness (QED) is 0.861. The molecule has 2 aliphatic rings. The second kappa shape index (κ2) is 4.56. The van der Waals surface area contributed by atoms with E-state index < -0.39 is 0 Å². The summed E-state index contributed by atoms with van der Waals surface area (Å²) in [6.07, 6.45) is 2.79. The minimum absolute atomic E-state index is 0.187. The van der Waals surface area contributed by atoms with Crippen LogP contribution < -0.4 is 5.32 Å². The molecule has 0 aromatic carbocycles. The number of likely N-dealkylation sites (tertiary alicyclic amines) is 1. The van der Waals surface area contributed by atoms with Gasteiger partial charge in [0.05, 0.1) is 11.7 Å². The number of halogens is 1. The molecule has 0 saturated carbocycles. The Bertz CT molecular complexity index is 513. The summed E-state index contributed by atoms with van der Waals surface area (Å²) < 4.78 is 1.05. The lowest BCUT2D eigenvalue weighted by Crippen LogP contribution is -2.47. The zero-order valence-corrected chi connectivity index (χ0v) is 12.8. The number of nitrogens with one attached hydrogen (secondary N) is 1. The third-order valence-electron chi connectivity index (χ3n) is 4.24. The molecule has 4 nitrogen and oxygen atoms in total. The molecule has 0 bridgehead atoms. The number of hydrogen-bond donors (Lipinski definition) is 1. The van der Waals surface area contributed by atoms with Crippen LogP contribution in [0.25, 0.3) is 0 Å². The van der Waals surface area contributed by atoms with Crippen LogP contribution in [0.1, 0.15) is 36.7 Å². The first-order valence-electron chi connectivity index (χ1n) is 6.67. The fourth-order valence-electron chi connectivity index (χ4n) is 3.22. The molecule has 1 N–H and O–H groups in total. The monoisotopic (exact) mass is 323 g/mol. The van der Waals surface area contributed by atoms with Gasteiger partial charge in [-0.05, 0) is 38.3 Å². The van der Waals surface area contributed by atoms with E-state index in [4.69, 9.17) is 0 Å².